The summed E-state index contributed by atoms with van der Waals surface area (Å²) in [6.45, 7) is 8.41. The maximum atomic E-state index is 13.2. The van der Waals surface area contributed by atoms with Crippen molar-refractivity contribution in [1.82, 2.24) is 9.66 Å². The van der Waals surface area contributed by atoms with Gasteiger partial charge in [0.2, 0.25) is 0 Å². The monoisotopic (exact) mass is 497 g/mol. The van der Waals surface area contributed by atoms with Crippen molar-refractivity contribution in [1.29, 1.82) is 0 Å². The average molecular weight is 498 g/mol. The standard InChI is InChI=1S/C25H28BrN3O3/c1-5-8-10-23-28-21-12-11-19(26)15-20(21)25(30)29(23)27-16-17-13-18(9-6-2)24(32-7-3)22(14-17)31-4/h6,11-16H,2,5,7-10H2,1,3-4H3. The van der Waals surface area contributed by atoms with Crippen molar-refractivity contribution < 1.29 is 9.47 Å². The van der Waals surface area contributed by atoms with Gasteiger partial charge >= 0.3 is 0 Å². The number of hydrogen-bond acceptors (Lipinski definition) is 5. The number of halogens is 1. The van der Waals surface area contributed by atoms with Gasteiger partial charge in [0.05, 0.1) is 30.8 Å². The molecule has 0 unspecified atom stereocenters. The Balaban J connectivity index is 2.12. The third kappa shape index (κ3) is 5.27. The fourth-order valence-corrected chi connectivity index (χ4v) is 3.82. The summed E-state index contributed by atoms with van der Waals surface area (Å²) in [5, 5.41) is 5.06. The van der Waals surface area contributed by atoms with E-state index in [-0.39, 0.29) is 5.56 Å². The van der Waals surface area contributed by atoms with E-state index in [9.17, 15) is 4.79 Å². The molecule has 0 aliphatic heterocycles. The largest absolute Gasteiger partial charge is 0.493 e. The molecule has 0 aliphatic rings. The molecule has 3 aromatic rings. The molecule has 1 aromatic heterocycles. The number of hydrogen-bond donors (Lipinski definition) is 0. The number of nitrogens with zero attached hydrogens (tertiary/aromatic N) is 3. The van der Waals surface area contributed by atoms with Gasteiger partial charge in [-0.2, -0.15) is 9.78 Å². The second-order valence-corrected chi connectivity index (χ2v) is 8.21. The summed E-state index contributed by atoms with van der Waals surface area (Å²) in [5.41, 5.74) is 2.22. The highest BCUT2D eigenvalue weighted by molar-refractivity contribution is 9.10. The molecular weight excluding hydrogens is 470 g/mol. The SMILES string of the molecule is C=CCc1cc(C=Nn2c(CCCC)nc3ccc(Br)cc3c2=O)cc(OC)c1OCC. The zero-order valence-electron chi connectivity index (χ0n) is 18.7. The van der Waals surface area contributed by atoms with Crippen molar-refractivity contribution in [3.63, 3.8) is 0 Å². The highest BCUT2D eigenvalue weighted by Crippen LogP contribution is 2.33. The van der Waals surface area contributed by atoms with Gasteiger partial charge in [-0.05, 0) is 55.7 Å². The summed E-state index contributed by atoms with van der Waals surface area (Å²) < 4.78 is 13.6. The van der Waals surface area contributed by atoms with Crippen LogP contribution in [0.15, 0.2) is 57.4 Å². The van der Waals surface area contributed by atoms with Crippen LogP contribution < -0.4 is 15.0 Å². The Bertz CT molecular complexity index is 1200. The number of methoxy groups -OCH3 is 1. The first-order valence-electron chi connectivity index (χ1n) is 10.7. The molecule has 0 fully saturated rings. The number of rotatable bonds is 10. The summed E-state index contributed by atoms with van der Waals surface area (Å²) in [5.74, 6) is 1.96. The van der Waals surface area contributed by atoms with Crippen LogP contribution in [-0.4, -0.2) is 29.6 Å². The molecule has 0 atom stereocenters. The van der Waals surface area contributed by atoms with Gasteiger partial charge in [0, 0.05) is 16.5 Å². The average Bonchev–Trinajstić information content (AvgIpc) is 2.79. The molecule has 1 heterocycles. The zero-order chi connectivity index (χ0) is 23.1. The second kappa shape index (κ2) is 11.1. The zero-order valence-corrected chi connectivity index (χ0v) is 20.3. The maximum Gasteiger partial charge on any atom is 0.282 e. The molecule has 7 heteroatoms. The Kier molecular flexibility index (Phi) is 8.22. The van der Waals surface area contributed by atoms with Crippen LogP contribution in [0, 0.1) is 0 Å². The first-order chi connectivity index (χ1) is 15.5. The summed E-state index contributed by atoms with van der Waals surface area (Å²) in [7, 11) is 1.61. The fourth-order valence-electron chi connectivity index (χ4n) is 3.46. The normalized spacial score (nSPS) is 11.2. The van der Waals surface area contributed by atoms with Crippen molar-refractivity contribution in [3.8, 4) is 11.5 Å². The Morgan fingerprint density at radius 2 is 2.06 bits per heavy atom. The molecule has 0 bridgehead atoms. The highest BCUT2D eigenvalue weighted by atomic mass is 79.9. The molecular formula is C25H28BrN3O3. The van der Waals surface area contributed by atoms with Crippen molar-refractivity contribution in [3.05, 3.63) is 74.8 Å². The Morgan fingerprint density at radius 1 is 1.25 bits per heavy atom. The number of benzene rings is 2. The van der Waals surface area contributed by atoms with Gasteiger partial charge < -0.3 is 9.47 Å². The molecule has 32 heavy (non-hydrogen) atoms. The van der Waals surface area contributed by atoms with Crippen LogP contribution >= 0.6 is 15.9 Å². The minimum Gasteiger partial charge on any atom is -0.493 e. The van der Waals surface area contributed by atoms with Gasteiger partial charge in [0.25, 0.3) is 5.56 Å². The first kappa shape index (κ1) is 23.7. The Hall–Kier alpha value is -2.93. The van der Waals surface area contributed by atoms with Gasteiger partial charge in [0.15, 0.2) is 11.5 Å². The number of ether oxygens (including phenoxy) is 2. The molecule has 168 valence electrons. The maximum absolute atomic E-state index is 13.2. The van der Waals surface area contributed by atoms with Crippen molar-refractivity contribution >= 4 is 33.0 Å². The van der Waals surface area contributed by atoms with Crippen LogP contribution in [0.25, 0.3) is 10.9 Å². The number of aromatic nitrogens is 2. The van der Waals surface area contributed by atoms with Gasteiger partial charge in [-0.15, -0.1) is 6.58 Å². The third-order valence-electron chi connectivity index (χ3n) is 4.98. The van der Waals surface area contributed by atoms with E-state index in [1.165, 1.54) is 4.68 Å². The van der Waals surface area contributed by atoms with E-state index in [1.54, 1.807) is 19.4 Å². The molecule has 0 saturated heterocycles. The number of allylic oxidation sites excluding steroid dienone is 1. The molecule has 0 N–H and O–H groups in total. The van der Waals surface area contributed by atoms with E-state index in [0.29, 0.717) is 47.7 Å². The van der Waals surface area contributed by atoms with E-state index in [1.807, 2.05) is 37.3 Å². The van der Waals surface area contributed by atoms with Crippen molar-refractivity contribution in [2.45, 2.75) is 39.5 Å². The smallest absolute Gasteiger partial charge is 0.282 e. The molecule has 6 nitrogen and oxygen atoms in total. The van der Waals surface area contributed by atoms with Gasteiger partial charge in [-0.3, -0.25) is 4.79 Å². The quantitative estimate of drug-likeness (QED) is 0.273. The molecule has 0 radical (unpaired) electrons. The summed E-state index contributed by atoms with van der Waals surface area (Å²) in [6, 6.07) is 9.34. The minimum atomic E-state index is -0.192. The molecule has 2 aromatic carbocycles. The van der Waals surface area contributed by atoms with E-state index >= 15 is 0 Å². The predicted octanol–water partition coefficient (Wildman–Crippen LogP) is 5.52. The van der Waals surface area contributed by atoms with Gasteiger partial charge in [-0.1, -0.05) is 35.4 Å². The van der Waals surface area contributed by atoms with Crippen molar-refractivity contribution in [2.75, 3.05) is 13.7 Å². The van der Waals surface area contributed by atoms with Crippen LogP contribution in [0.5, 0.6) is 11.5 Å². The van der Waals surface area contributed by atoms with E-state index in [0.717, 1.165) is 28.4 Å². The Morgan fingerprint density at radius 3 is 2.75 bits per heavy atom. The lowest BCUT2D eigenvalue weighted by atomic mass is 10.1. The van der Waals surface area contributed by atoms with Crippen LogP contribution in [0.3, 0.4) is 0 Å². The highest BCUT2D eigenvalue weighted by Gasteiger charge is 2.13. The predicted molar refractivity (Wildman–Crippen MR) is 133 cm³/mol. The summed E-state index contributed by atoms with van der Waals surface area (Å²) in [6.07, 6.45) is 6.69. The molecule has 3 rings (SSSR count). The molecule has 0 aliphatic carbocycles. The Labute approximate surface area is 196 Å². The van der Waals surface area contributed by atoms with Crippen LogP contribution in [-0.2, 0) is 12.8 Å². The minimum absolute atomic E-state index is 0.192. The van der Waals surface area contributed by atoms with Crippen LogP contribution in [0.1, 0.15) is 43.6 Å². The first-order valence-corrected chi connectivity index (χ1v) is 11.5. The van der Waals surface area contributed by atoms with E-state index < -0.39 is 0 Å². The molecule has 0 amide bonds. The molecule has 0 saturated carbocycles. The number of aryl methyl sites for hydroxylation is 1. The third-order valence-corrected chi connectivity index (χ3v) is 5.47. The van der Waals surface area contributed by atoms with E-state index in [4.69, 9.17) is 14.5 Å². The second-order valence-electron chi connectivity index (χ2n) is 7.29. The van der Waals surface area contributed by atoms with Gasteiger partial charge in [-0.25, -0.2) is 4.98 Å². The molecule has 0 spiro atoms. The van der Waals surface area contributed by atoms with Crippen LogP contribution in [0.4, 0.5) is 0 Å². The van der Waals surface area contributed by atoms with Crippen LogP contribution in [0.2, 0.25) is 0 Å². The topological polar surface area (TPSA) is 65.7 Å². The van der Waals surface area contributed by atoms with E-state index in [2.05, 4.69) is 34.5 Å². The number of unbranched alkanes of at least 4 members (excludes halogenated alkanes) is 1. The summed E-state index contributed by atoms with van der Waals surface area (Å²) in [4.78, 5) is 18.0. The summed E-state index contributed by atoms with van der Waals surface area (Å²) >= 11 is 3.44. The lowest BCUT2D eigenvalue weighted by molar-refractivity contribution is 0.308. The fraction of sp³-hybridized carbons (Fsp3) is 0.320. The lowest BCUT2D eigenvalue weighted by Gasteiger charge is -2.14. The lowest BCUT2D eigenvalue weighted by Crippen LogP contribution is -2.22. The van der Waals surface area contributed by atoms with Crippen molar-refractivity contribution in [2.24, 2.45) is 5.10 Å². The number of fused-ring (bicyclic) bond motifs is 1. The van der Waals surface area contributed by atoms with Gasteiger partial charge in [0.1, 0.15) is 5.82 Å².